The van der Waals surface area contributed by atoms with Gasteiger partial charge < -0.3 is 9.47 Å². The van der Waals surface area contributed by atoms with E-state index in [0.717, 1.165) is 55.2 Å². The Bertz CT molecular complexity index is 809. The first-order valence-corrected chi connectivity index (χ1v) is 15.3. The normalized spacial score (nSPS) is 46.9. The summed E-state index contributed by atoms with van der Waals surface area (Å²) in [6.07, 6.45) is 14.5. The molecule has 0 aromatic heterocycles. The van der Waals surface area contributed by atoms with Crippen LogP contribution in [-0.4, -0.2) is 61.3 Å². The first kappa shape index (κ1) is 23.9. The van der Waals surface area contributed by atoms with Crippen LogP contribution in [0.1, 0.15) is 71.6 Å². The Labute approximate surface area is 211 Å². The van der Waals surface area contributed by atoms with E-state index in [1.807, 2.05) is 6.08 Å². The van der Waals surface area contributed by atoms with Gasteiger partial charge in [0.15, 0.2) is 0 Å². The summed E-state index contributed by atoms with van der Waals surface area (Å²) in [7, 11) is 0. The van der Waals surface area contributed by atoms with Crippen molar-refractivity contribution in [3.63, 3.8) is 0 Å². The van der Waals surface area contributed by atoms with Crippen LogP contribution in [0.15, 0.2) is 11.6 Å². The van der Waals surface area contributed by atoms with Gasteiger partial charge >= 0.3 is 5.97 Å². The molecule has 1 saturated heterocycles. The number of fused-ring (bicyclic) bond motifs is 5. The summed E-state index contributed by atoms with van der Waals surface area (Å²) in [6.45, 7) is 11.2. The second-order valence-electron chi connectivity index (χ2n) is 12.9. The summed E-state index contributed by atoms with van der Waals surface area (Å²) in [5.74, 6) is 5.40. The first-order chi connectivity index (χ1) is 16.5. The molecule has 0 amide bonds. The molecule has 34 heavy (non-hydrogen) atoms. The molecule has 6 aliphatic rings. The highest BCUT2D eigenvalue weighted by Crippen LogP contribution is 2.68. The van der Waals surface area contributed by atoms with Gasteiger partial charge in [-0.2, -0.15) is 11.8 Å². The molecule has 190 valence electrons. The number of cyclic esters (lactones) is 1. The minimum absolute atomic E-state index is 0.108. The van der Waals surface area contributed by atoms with Crippen molar-refractivity contribution in [1.29, 1.82) is 0 Å². The highest BCUT2D eigenvalue weighted by Gasteiger charge is 2.60. The van der Waals surface area contributed by atoms with E-state index in [2.05, 4.69) is 30.5 Å². The second-order valence-corrected chi connectivity index (χ2v) is 14.3. The fourth-order valence-electron chi connectivity index (χ4n) is 9.74. The molecule has 0 bridgehead atoms. The van der Waals surface area contributed by atoms with Gasteiger partial charge in [-0.3, -0.25) is 4.90 Å². The van der Waals surface area contributed by atoms with Crippen LogP contribution in [0.5, 0.6) is 0 Å². The lowest BCUT2D eigenvalue weighted by Gasteiger charge is -2.61. The van der Waals surface area contributed by atoms with Crippen molar-refractivity contribution in [2.24, 2.45) is 40.4 Å². The van der Waals surface area contributed by atoms with Crippen molar-refractivity contribution in [2.45, 2.75) is 76.9 Å². The molecule has 4 aliphatic carbocycles. The molecule has 0 N–H and O–H groups in total. The molecule has 0 unspecified atom stereocenters. The van der Waals surface area contributed by atoms with Crippen LogP contribution in [0.4, 0.5) is 0 Å². The van der Waals surface area contributed by atoms with Crippen LogP contribution < -0.4 is 0 Å². The summed E-state index contributed by atoms with van der Waals surface area (Å²) >= 11 is 2.28. The van der Waals surface area contributed by atoms with Gasteiger partial charge in [-0.1, -0.05) is 13.8 Å². The Morgan fingerprint density at radius 3 is 2.59 bits per heavy atom. The van der Waals surface area contributed by atoms with Gasteiger partial charge in [-0.05, 0) is 104 Å². The molecular formula is C29H45NO3S. The number of esters is 1. The predicted molar refractivity (Wildman–Crippen MR) is 138 cm³/mol. The number of hydrogen-bond acceptors (Lipinski definition) is 5. The molecule has 4 saturated carbocycles. The average Bonchev–Trinajstić information content (AvgIpc) is 3.42. The van der Waals surface area contributed by atoms with E-state index < -0.39 is 0 Å². The molecule has 0 aromatic rings. The number of carbonyl (C=O) groups excluding carboxylic acids is 1. The third kappa shape index (κ3) is 4.10. The zero-order valence-corrected chi connectivity index (χ0v) is 22.3. The van der Waals surface area contributed by atoms with Gasteiger partial charge in [0, 0.05) is 36.7 Å². The Kier molecular flexibility index (Phi) is 6.60. The zero-order chi connectivity index (χ0) is 23.3. The maximum absolute atomic E-state index is 11.8. The number of hydrogen-bond donors (Lipinski definition) is 0. The third-order valence-electron chi connectivity index (χ3n) is 11.6. The van der Waals surface area contributed by atoms with Crippen LogP contribution in [0.2, 0.25) is 0 Å². The van der Waals surface area contributed by atoms with Crippen molar-refractivity contribution in [1.82, 2.24) is 4.90 Å². The number of nitrogens with zero attached hydrogens (tertiary/aromatic N) is 1. The third-order valence-corrected chi connectivity index (χ3v) is 12.9. The SMILES string of the molecule is C[C@]12CC[C@H](SCCN3CCOCC3)C[C@H]1CC[C@@H]1[C@@H]2CC[C@]2(C)[C@@H](C3=CC(=O)OC3)CC[C@@H]12. The standard InChI is InChI=1S/C29H45NO3S/c1-28-9-7-22(34-16-13-30-11-14-32-15-12-30)18-21(28)3-4-23-25-6-5-24(20-17-27(31)33-19-20)29(25,2)10-8-26(23)28/h17,21-26H,3-16,18-19H2,1-2H3/t21-,22+,23+,24-,25+,26+,28+,29-/m1/s1. The topological polar surface area (TPSA) is 38.8 Å². The van der Waals surface area contributed by atoms with Gasteiger partial charge in [0.25, 0.3) is 0 Å². The lowest BCUT2D eigenvalue weighted by atomic mass is 9.44. The first-order valence-electron chi connectivity index (χ1n) is 14.3. The van der Waals surface area contributed by atoms with Crippen molar-refractivity contribution in [3.8, 4) is 0 Å². The van der Waals surface area contributed by atoms with Gasteiger partial charge in [0.1, 0.15) is 6.61 Å². The molecule has 5 heteroatoms. The second kappa shape index (κ2) is 9.41. The lowest BCUT2D eigenvalue weighted by molar-refractivity contribution is -0.135. The van der Waals surface area contributed by atoms with E-state index in [1.165, 1.54) is 75.7 Å². The molecule has 2 heterocycles. The van der Waals surface area contributed by atoms with Crippen LogP contribution in [0.25, 0.3) is 0 Å². The number of morpholine rings is 1. The maximum atomic E-state index is 11.8. The summed E-state index contributed by atoms with van der Waals surface area (Å²) in [4.78, 5) is 14.4. The molecule has 4 nitrogen and oxygen atoms in total. The Morgan fingerprint density at radius 2 is 1.79 bits per heavy atom. The summed E-state index contributed by atoms with van der Waals surface area (Å²) in [5, 5.41) is 0.882. The fourth-order valence-corrected chi connectivity index (χ4v) is 11.1. The number of carbonyl (C=O) groups is 1. The molecule has 6 rings (SSSR count). The number of ether oxygens (including phenoxy) is 2. The minimum atomic E-state index is -0.108. The van der Waals surface area contributed by atoms with Crippen LogP contribution in [0.3, 0.4) is 0 Å². The summed E-state index contributed by atoms with van der Waals surface area (Å²) < 4.78 is 10.8. The Balaban J connectivity index is 1.08. The average molecular weight is 488 g/mol. The molecule has 0 radical (unpaired) electrons. The molecule has 0 spiro atoms. The van der Waals surface area contributed by atoms with E-state index >= 15 is 0 Å². The van der Waals surface area contributed by atoms with Crippen molar-refractivity contribution in [2.75, 3.05) is 45.2 Å². The van der Waals surface area contributed by atoms with E-state index in [-0.39, 0.29) is 5.97 Å². The lowest BCUT2D eigenvalue weighted by Crippen LogP contribution is -2.53. The van der Waals surface area contributed by atoms with Crippen molar-refractivity contribution >= 4 is 17.7 Å². The quantitative estimate of drug-likeness (QED) is 0.475. The zero-order valence-electron chi connectivity index (χ0n) is 21.4. The highest BCUT2D eigenvalue weighted by molar-refractivity contribution is 7.99. The van der Waals surface area contributed by atoms with E-state index in [1.54, 1.807) is 0 Å². The number of rotatable bonds is 5. The molecular weight excluding hydrogens is 442 g/mol. The van der Waals surface area contributed by atoms with Gasteiger partial charge in [0.05, 0.1) is 13.2 Å². The Morgan fingerprint density at radius 1 is 1.00 bits per heavy atom. The fraction of sp³-hybridized carbons (Fsp3) is 0.897. The Hall–Kier alpha value is -0.520. The van der Waals surface area contributed by atoms with Crippen molar-refractivity contribution in [3.05, 3.63) is 11.6 Å². The van der Waals surface area contributed by atoms with Crippen molar-refractivity contribution < 1.29 is 14.3 Å². The van der Waals surface area contributed by atoms with Gasteiger partial charge in [-0.15, -0.1) is 0 Å². The van der Waals surface area contributed by atoms with Crippen LogP contribution in [-0.2, 0) is 14.3 Å². The maximum Gasteiger partial charge on any atom is 0.331 e. The largest absolute Gasteiger partial charge is 0.458 e. The minimum Gasteiger partial charge on any atom is -0.458 e. The predicted octanol–water partition coefficient (Wildman–Crippen LogP) is 5.56. The monoisotopic (exact) mass is 487 g/mol. The molecule has 0 aromatic carbocycles. The van der Waals surface area contributed by atoms with Gasteiger partial charge in [-0.25, -0.2) is 4.79 Å². The van der Waals surface area contributed by atoms with Crippen LogP contribution in [0, 0.1) is 40.4 Å². The van der Waals surface area contributed by atoms with E-state index in [4.69, 9.17) is 9.47 Å². The summed E-state index contributed by atoms with van der Waals surface area (Å²) in [6, 6.07) is 0. The van der Waals surface area contributed by atoms with Gasteiger partial charge in [0.2, 0.25) is 0 Å². The smallest absolute Gasteiger partial charge is 0.331 e. The van der Waals surface area contributed by atoms with E-state index in [0.29, 0.717) is 23.4 Å². The van der Waals surface area contributed by atoms with E-state index in [9.17, 15) is 4.79 Å². The van der Waals surface area contributed by atoms with Crippen LogP contribution >= 0.6 is 11.8 Å². The summed E-state index contributed by atoms with van der Waals surface area (Å²) in [5.41, 5.74) is 2.26. The molecule has 5 fully saturated rings. The molecule has 2 aliphatic heterocycles. The molecule has 8 atom stereocenters. The highest BCUT2D eigenvalue weighted by atomic mass is 32.2. The number of thioether (sulfide) groups is 1.